The zero-order chi connectivity index (χ0) is 21.1. The maximum atomic E-state index is 12.5. The zero-order valence-electron chi connectivity index (χ0n) is 16.5. The van der Waals surface area contributed by atoms with Crippen LogP contribution < -0.4 is 10.0 Å². The van der Waals surface area contributed by atoms with E-state index >= 15 is 0 Å². The Morgan fingerprint density at radius 1 is 1.04 bits per heavy atom. The molecule has 0 aliphatic heterocycles. The molecule has 2 amide bonds. The first-order chi connectivity index (χ1) is 13.0. The van der Waals surface area contributed by atoms with Crippen molar-refractivity contribution in [2.24, 2.45) is 0 Å². The van der Waals surface area contributed by atoms with Crippen molar-refractivity contribution in [2.75, 3.05) is 5.32 Å². The Balaban J connectivity index is 2.32. The topological polar surface area (TPSA) is 118 Å². The van der Waals surface area contributed by atoms with Crippen LogP contribution in [0.1, 0.15) is 68.1 Å². The maximum Gasteiger partial charge on any atom is 0.333 e. The summed E-state index contributed by atoms with van der Waals surface area (Å²) in [6.07, 6.45) is 0.976. The molecule has 2 rings (SSSR count). The van der Waals surface area contributed by atoms with Gasteiger partial charge in [0, 0.05) is 12.6 Å². The predicted molar refractivity (Wildman–Crippen MR) is 106 cm³/mol. The summed E-state index contributed by atoms with van der Waals surface area (Å²) < 4.78 is 27.0. The van der Waals surface area contributed by atoms with Crippen molar-refractivity contribution in [1.82, 2.24) is 14.9 Å². The summed E-state index contributed by atoms with van der Waals surface area (Å²) in [5.74, 6) is -0.164. The second kappa shape index (κ2) is 8.47. The maximum absolute atomic E-state index is 12.5. The van der Waals surface area contributed by atoms with Crippen LogP contribution in [-0.4, -0.2) is 30.4 Å². The number of ketones is 1. The molecule has 1 aromatic heterocycles. The molecule has 0 saturated heterocycles. The quantitative estimate of drug-likeness (QED) is 0.712. The lowest BCUT2D eigenvalue weighted by atomic mass is 9.93. The fraction of sp³-hybridized carbons (Fsp3) is 0.368. The molecular formula is C19H24N4O4S. The van der Waals surface area contributed by atoms with Crippen molar-refractivity contribution in [3.63, 3.8) is 0 Å². The normalized spacial score (nSPS) is 11.5. The van der Waals surface area contributed by atoms with Gasteiger partial charge in [0.25, 0.3) is 10.0 Å². The highest BCUT2D eigenvalue weighted by atomic mass is 32.2. The van der Waals surface area contributed by atoms with Crippen LogP contribution in [0, 0.1) is 0 Å². The van der Waals surface area contributed by atoms with Gasteiger partial charge in [-0.15, -0.1) is 5.10 Å². The van der Waals surface area contributed by atoms with Gasteiger partial charge in [-0.1, -0.05) is 45.9 Å². The van der Waals surface area contributed by atoms with Crippen LogP contribution in [0.15, 0.2) is 35.4 Å². The molecular weight excluding hydrogens is 380 g/mol. The number of urea groups is 1. The summed E-state index contributed by atoms with van der Waals surface area (Å²) in [6.45, 7) is 9.21. The molecule has 0 saturated carbocycles. The minimum absolute atomic E-state index is 0.101. The van der Waals surface area contributed by atoms with E-state index < -0.39 is 21.8 Å². The monoisotopic (exact) mass is 404 g/mol. The molecule has 0 atom stereocenters. The Bertz CT molecular complexity index is 974. The van der Waals surface area contributed by atoms with E-state index in [1.165, 1.54) is 6.92 Å². The third kappa shape index (κ3) is 4.92. The SMILES string of the molecule is CC(=O)c1cc(S(=O)(=O)NC(=O)Nc2c(C(C)C)cccc2C(C)C)cnn1. The van der Waals surface area contributed by atoms with Gasteiger partial charge in [-0.25, -0.2) is 17.9 Å². The van der Waals surface area contributed by atoms with Crippen LogP contribution in [0.3, 0.4) is 0 Å². The van der Waals surface area contributed by atoms with E-state index in [0.717, 1.165) is 23.4 Å². The van der Waals surface area contributed by atoms with Crippen LogP contribution in [0.5, 0.6) is 0 Å². The smallest absolute Gasteiger partial charge is 0.307 e. The first-order valence-electron chi connectivity index (χ1n) is 8.83. The Kier molecular flexibility index (Phi) is 6.50. The lowest BCUT2D eigenvalue weighted by molar-refractivity contribution is 0.101. The summed E-state index contributed by atoms with van der Waals surface area (Å²) >= 11 is 0. The number of anilines is 1. The zero-order valence-corrected chi connectivity index (χ0v) is 17.3. The van der Waals surface area contributed by atoms with Gasteiger partial charge in [0.05, 0.1) is 6.20 Å². The Morgan fingerprint density at radius 2 is 1.61 bits per heavy atom. The van der Waals surface area contributed by atoms with Crippen molar-refractivity contribution in [3.8, 4) is 0 Å². The molecule has 0 aliphatic rings. The number of hydrogen-bond donors (Lipinski definition) is 2. The van der Waals surface area contributed by atoms with Gasteiger partial charge in [0.1, 0.15) is 10.6 Å². The number of amides is 2. The molecule has 9 heteroatoms. The number of sulfonamides is 1. The van der Waals surface area contributed by atoms with E-state index in [1.807, 2.05) is 50.6 Å². The largest absolute Gasteiger partial charge is 0.333 e. The highest BCUT2D eigenvalue weighted by Gasteiger charge is 2.22. The fourth-order valence-electron chi connectivity index (χ4n) is 2.68. The Labute approximate surface area is 164 Å². The average molecular weight is 404 g/mol. The van der Waals surface area contributed by atoms with Crippen LogP contribution in [0.25, 0.3) is 0 Å². The second-order valence-electron chi connectivity index (χ2n) is 7.01. The van der Waals surface area contributed by atoms with Crippen molar-refractivity contribution in [1.29, 1.82) is 0 Å². The summed E-state index contributed by atoms with van der Waals surface area (Å²) in [7, 11) is -4.22. The molecule has 0 spiro atoms. The van der Waals surface area contributed by atoms with E-state index in [-0.39, 0.29) is 22.4 Å². The van der Waals surface area contributed by atoms with Crippen LogP contribution >= 0.6 is 0 Å². The molecule has 8 nitrogen and oxygen atoms in total. The van der Waals surface area contributed by atoms with Crippen molar-refractivity contribution < 1.29 is 18.0 Å². The van der Waals surface area contributed by atoms with Crippen LogP contribution in [0.2, 0.25) is 0 Å². The molecule has 2 N–H and O–H groups in total. The highest BCUT2D eigenvalue weighted by molar-refractivity contribution is 7.90. The molecule has 28 heavy (non-hydrogen) atoms. The number of carbonyl (C=O) groups excluding carboxylic acids is 2. The number of nitrogens with one attached hydrogen (secondary N) is 2. The van der Waals surface area contributed by atoms with E-state index in [1.54, 1.807) is 0 Å². The van der Waals surface area contributed by atoms with E-state index in [0.29, 0.717) is 5.69 Å². The third-order valence-corrected chi connectivity index (χ3v) is 5.44. The number of benzene rings is 1. The summed E-state index contributed by atoms with van der Waals surface area (Å²) in [5.41, 5.74) is 2.30. The van der Waals surface area contributed by atoms with Gasteiger partial charge in [0.15, 0.2) is 5.78 Å². The van der Waals surface area contributed by atoms with Gasteiger partial charge in [0.2, 0.25) is 0 Å². The van der Waals surface area contributed by atoms with Crippen molar-refractivity contribution >= 4 is 27.5 Å². The summed E-state index contributed by atoms with van der Waals surface area (Å²) in [6, 6.07) is 5.89. The molecule has 0 radical (unpaired) electrons. The Hall–Kier alpha value is -2.81. The minimum Gasteiger partial charge on any atom is -0.307 e. The third-order valence-electron chi connectivity index (χ3n) is 4.14. The molecule has 150 valence electrons. The molecule has 0 bridgehead atoms. The molecule has 0 aliphatic carbocycles. The number of aromatic nitrogens is 2. The van der Waals surface area contributed by atoms with Crippen molar-refractivity contribution in [3.05, 3.63) is 47.3 Å². The standard InChI is InChI=1S/C19H24N4O4S/c1-11(2)15-7-6-8-16(12(3)4)18(15)21-19(25)23-28(26,27)14-9-17(13(5)24)22-20-10-14/h6-12H,1-5H3,(H2,21,23,25). The van der Waals surface area contributed by atoms with Gasteiger partial charge in [-0.05, 0) is 29.0 Å². The highest BCUT2D eigenvalue weighted by Crippen LogP contribution is 2.32. The van der Waals surface area contributed by atoms with Crippen molar-refractivity contribution in [2.45, 2.75) is 51.3 Å². The molecule has 1 aromatic carbocycles. The molecule has 2 aromatic rings. The number of carbonyl (C=O) groups is 2. The number of hydrogen-bond acceptors (Lipinski definition) is 6. The average Bonchev–Trinajstić information content (AvgIpc) is 2.61. The number of rotatable bonds is 6. The van der Waals surface area contributed by atoms with Crippen LogP contribution in [0.4, 0.5) is 10.5 Å². The lowest BCUT2D eigenvalue weighted by Crippen LogP contribution is -2.35. The fourth-order valence-corrected chi connectivity index (χ4v) is 3.55. The number of nitrogens with zero attached hydrogens (tertiary/aromatic N) is 2. The molecule has 0 unspecified atom stereocenters. The van der Waals surface area contributed by atoms with E-state index in [2.05, 4.69) is 15.5 Å². The van der Waals surface area contributed by atoms with Gasteiger partial charge < -0.3 is 5.32 Å². The van der Waals surface area contributed by atoms with Crippen LogP contribution in [-0.2, 0) is 10.0 Å². The minimum atomic E-state index is -4.22. The first kappa shape index (κ1) is 21.5. The summed E-state index contributed by atoms with van der Waals surface area (Å²) in [4.78, 5) is 23.5. The first-order valence-corrected chi connectivity index (χ1v) is 10.3. The van der Waals surface area contributed by atoms with E-state index in [4.69, 9.17) is 0 Å². The van der Waals surface area contributed by atoms with E-state index in [9.17, 15) is 18.0 Å². The second-order valence-corrected chi connectivity index (χ2v) is 8.70. The number of Topliss-reactive ketones (excluding diaryl/α,β-unsaturated/α-hetero) is 1. The van der Waals surface area contributed by atoms with Gasteiger partial charge in [-0.3, -0.25) is 4.79 Å². The Morgan fingerprint density at radius 3 is 2.11 bits per heavy atom. The summed E-state index contributed by atoms with van der Waals surface area (Å²) in [5, 5.41) is 9.76. The van der Waals surface area contributed by atoms with Gasteiger partial charge >= 0.3 is 6.03 Å². The predicted octanol–water partition coefficient (Wildman–Crippen LogP) is 3.44. The molecule has 0 fully saturated rings. The lowest BCUT2D eigenvalue weighted by Gasteiger charge is -2.20. The number of para-hydroxylation sites is 1. The van der Waals surface area contributed by atoms with Gasteiger partial charge in [-0.2, -0.15) is 5.10 Å². The molecule has 1 heterocycles.